The van der Waals surface area contributed by atoms with Crippen LogP contribution in [0.1, 0.15) is 103 Å². The highest BCUT2D eigenvalue weighted by atomic mass is 16.6. The number of carbonyl (C=O) groups is 2. The molecule has 0 fully saturated rings. The molecule has 0 saturated carbocycles. The molecule has 30 heavy (non-hydrogen) atoms. The summed E-state index contributed by atoms with van der Waals surface area (Å²) < 4.78 is 10.4. The monoisotopic (exact) mass is 424 g/mol. The lowest BCUT2D eigenvalue weighted by Gasteiger charge is -2.15. The van der Waals surface area contributed by atoms with Crippen molar-refractivity contribution in [1.82, 2.24) is 0 Å². The van der Waals surface area contributed by atoms with Crippen molar-refractivity contribution in [2.75, 3.05) is 13.2 Å². The third-order valence-corrected chi connectivity index (χ3v) is 5.01. The molecule has 0 aliphatic heterocycles. The van der Waals surface area contributed by atoms with E-state index >= 15 is 0 Å². The van der Waals surface area contributed by atoms with Crippen LogP contribution in [0.4, 0.5) is 0 Å². The second kappa shape index (κ2) is 22.1. The Morgan fingerprint density at radius 3 is 1.60 bits per heavy atom. The average molecular weight is 425 g/mol. The zero-order valence-corrected chi connectivity index (χ0v) is 19.0. The number of hydrogen-bond donors (Lipinski definition) is 1. The van der Waals surface area contributed by atoms with E-state index in [9.17, 15) is 14.7 Å². The molecule has 0 rings (SSSR count). The molecule has 1 atom stereocenters. The van der Waals surface area contributed by atoms with Gasteiger partial charge in [0.25, 0.3) is 0 Å². The number of allylic oxidation sites excluding steroid dienone is 2. The molecule has 0 bridgehead atoms. The summed E-state index contributed by atoms with van der Waals surface area (Å²) in [6, 6.07) is 0. The molecule has 0 aliphatic carbocycles. The van der Waals surface area contributed by atoms with Gasteiger partial charge >= 0.3 is 11.9 Å². The quantitative estimate of drug-likeness (QED) is 0.130. The third kappa shape index (κ3) is 19.7. The van der Waals surface area contributed by atoms with E-state index < -0.39 is 6.10 Å². The van der Waals surface area contributed by atoms with Gasteiger partial charge in [-0.05, 0) is 38.5 Å². The van der Waals surface area contributed by atoms with Gasteiger partial charge < -0.3 is 14.6 Å². The lowest BCUT2D eigenvalue weighted by molar-refractivity contribution is -0.161. The van der Waals surface area contributed by atoms with Gasteiger partial charge in [-0.15, -0.1) is 13.2 Å². The first-order valence-electron chi connectivity index (χ1n) is 11.8. The summed E-state index contributed by atoms with van der Waals surface area (Å²) in [5.74, 6) is -0.638. The fourth-order valence-electron chi connectivity index (χ4n) is 3.16. The maximum atomic E-state index is 11.9. The van der Waals surface area contributed by atoms with Crippen molar-refractivity contribution in [1.29, 1.82) is 0 Å². The molecule has 174 valence electrons. The van der Waals surface area contributed by atoms with Gasteiger partial charge in [-0.1, -0.05) is 63.5 Å². The molecule has 0 spiro atoms. The van der Waals surface area contributed by atoms with Crippen molar-refractivity contribution in [3.8, 4) is 0 Å². The predicted octanol–water partition coefficient (Wildman–Crippen LogP) is 6.05. The van der Waals surface area contributed by atoms with E-state index in [1.807, 2.05) is 12.2 Å². The van der Waals surface area contributed by atoms with Crippen LogP contribution in [0, 0.1) is 0 Å². The Balaban J connectivity index is 3.66. The number of esters is 2. The first kappa shape index (κ1) is 28.4. The number of rotatable bonds is 22. The Morgan fingerprint density at radius 2 is 1.13 bits per heavy atom. The molecule has 0 heterocycles. The van der Waals surface area contributed by atoms with E-state index in [1.165, 1.54) is 38.5 Å². The summed E-state index contributed by atoms with van der Waals surface area (Å²) in [4.78, 5) is 23.7. The van der Waals surface area contributed by atoms with Crippen LogP contribution in [0.3, 0.4) is 0 Å². The van der Waals surface area contributed by atoms with E-state index in [0.29, 0.717) is 12.8 Å². The Labute approximate surface area is 183 Å². The minimum atomic E-state index is -0.773. The van der Waals surface area contributed by atoms with Gasteiger partial charge in [0.05, 0.1) is 6.61 Å². The summed E-state index contributed by atoms with van der Waals surface area (Å²) in [5.41, 5.74) is 0. The van der Waals surface area contributed by atoms with Crippen molar-refractivity contribution < 1.29 is 24.2 Å². The Hall–Kier alpha value is -1.62. The van der Waals surface area contributed by atoms with E-state index in [1.54, 1.807) is 0 Å². The lowest BCUT2D eigenvalue weighted by Crippen LogP contribution is -2.28. The minimum Gasteiger partial charge on any atom is -0.462 e. The van der Waals surface area contributed by atoms with E-state index in [4.69, 9.17) is 9.47 Å². The molecule has 5 nitrogen and oxygen atoms in total. The predicted molar refractivity (Wildman–Crippen MR) is 122 cm³/mol. The Morgan fingerprint density at radius 1 is 0.700 bits per heavy atom. The average Bonchev–Trinajstić information content (AvgIpc) is 2.74. The number of unbranched alkanes of at least 4 members (excludes halogenated alkanes) is 12. The third-order valence-electron chi connectivity index (χ3n) is 5.01. The number of ether oxygens (including phenoxy) is 2. The molecule has 5 heteroatoms. The number of aliphatic hydroxyl groups is 1. The highest BCUT2D eigenvalue weighted by Crippen LogP contribution is 2.11. The standard InChI is InChI=1S/C25H44O5/c1-3-5-7-9-11-13-15-17-19-24(27)29-22-23(21-26)30-25(28)20-18-16-14-12-10-8-6-4-2/h3-4,23,26H,1-2,5-22H2/t23-/m0/s1. The summed E-state index contributed by atoms with van der Waals surface area (Å²) >= 11 is 0. The lowest BCUT2D eigenvalue weighted by atomic mass is 10.1. The Kier molecular flexibility index (Phi) is 20.9. The molecule has 0 radical (unpaired) electrons. The van der Waals surface area contributed by atoms with Gasteiger partial charge in [-0.25, -0.2) is 0 Å². The molecule has 0 aromatic heterocycles. The first-order chi connectivity index (χ1) is 14.6. The second-order valence-electron chi connectivity index (χ2n) is 7.87. The number of aliphatic hydroxyl groups excluding tert-OH is 1. The molecule has 0 aromatic carbocycles. The first-order valence-corrected chi connectivity index (χ1v) is 11.8. The maximum Gasteiger partial charge on any atom is 0.306 e. The SMILES string of the molecule is C=CCCCCCCCCC(=O)OC[C@H](CO)OC(=O)CCCCCCCCC=C. The summed E-state index contributed by atoms with van der Waals surface area (Å²) in [5, 5.41) is 9.35. The minimum absolute atomic E-state index is 0.0775. The molecule has 0 unspecified atom stereocenters. The second-order valence-corrected chi connectivity index (χ2v) is 7.87. The van der Waals surface area contributed by atoms with Crippen molar-refractivity contribution >= 4 is 11.9 Å². The molecule has 0 amide bonds. The molecule has 0 aliphatic rings. The summed E-state index contributed by atoms with van der Waals surface area (Å²) in [6.45, 7) is 7.01. The van der Waals surface area contributed by atoms with Crippen LogP contribution >= 0.6 is 0 Å². The van der Waals surface area contributed by atoms with Crippen LogP contribution < -0.4 is 0 Å². The number of carbonyl (C=O) groups excluding carboxylic acids is 2. The number of hydrogen-bond acceptors (Lipinski definition) is 5. The summed E-state index contributed by atoms with van der Waals surface area (Å²) in [7, 11) is 0. The highest BCUT2D eigenvalue weighted by molar-refractivity contribution is 5.70. The van der Waals surface area contributed by atoms with Crippen LogP contribution in [-0.4, -0.2) is 36.4 Å². The van der Waals surface area contributed by atoms with E-state index in [-0.39, 0.29) is 25.2 Å². The maximum absolute atomic E-state index is 11.9. The summed E-state index contributed by atoms with van der Waals surface area (Å²) in [6.07, 6.45) is 18.9. The smallest absolute Gasteiger partial charge is 0.306 e. The van der Waals surface area contributed by atoms with Crippen LogP contribution in [0.2, 0.25) is 0 Å². The van der Waals surface area contributed by atoms with Gasteiger partial charge in [0.15, 0.2) is 6.10 Å². The molecule has 1 N–H and O–H groups in total. The molecule has 0 saturated heterocycles. The Bertz CT molecular complexity index is 447. The normalized spacial score (nSPS) is 11.6. The van der Waals surface area contributed by atoms with E-state index in [2.05, 4.69) is 13.2 Å². The van der Waals surface area contributed by atoms with E-state index in [0.717, 1.165) is 51.4 Å². The van der Waals surface area contributed by atoms with Gasteiger partial charge in [0, 0.05) is 12.8 Å². The fraction of sp³-hybridized carbons (Fsp3) is 0.760. The molecular formula is C25H44O5. The van der Waals surface area contributed by atoms with Crippen LogP contribution in [-0.2, 0) is 19.1 Å². The van der Waals surface area contributed by atoms with Crippen molar-refractivity contribution in [3.05, 3.63) is 25.3 Å². The van der Waals surface area contributed by atoms with Gasteiger partial charge in [0.2, 0.25) is 0 Å². The van der Waals surface area contributed by atoms with Gasteiger partial charge in [0.1, 0.15) is 6.61 Å². The topological polar surface area (TPSA) is 72.8 Å². The largest absolute Gasteiger partial charge is 0.462 e. The van der Waals surface area contributed by atoms with Gasteiger partial charge in [-0.3, -0.25) is 9.59 Å². The van der Waals surface area contributed by atoms with Crippen LogP contribution in [0.25, 0.3) is 0 Å². The fourth-order valence-corrected chi connectivity index (χ4v) is 3.16. The van der Waals surface area contributed by atoms with Crippen LogP contribution in [0.5, 0.6) is 0 Å². The van der Waals surface area contributed by atoms with Gasteiger partial charge in [-0.2, -0.15) is 0 Å². The molecular weight excluding hydrogens is 380 g/mol. The van der Waals surface area contributed by atoms with Crippen molar-refractivity contribution in [3.63, 3.8) is 0 Å². The highest BCUT2D eigenvalue weighted by Gasteiger charge is 2.16. The van der Waals surface area contributed by atoms with Crippen molar-refractivity contribution in [2.24, 2.45) is 0 Å². The molecule has 0 aromatic rings. The zero-order chi connectivity index (χ0) is 22.3. The van der Waals surface area contributed by atoms with Crippen LogP contribution in [0.15, 0.2) is 25.3 Å². The zero-order valence-electron chi connectivity index (χ0n) is 19.0. The van der Waals surface area contributed by atoms with Crippen molar-refractivity contribution in [2.45, 2.75) is 109 Å².